The maximum absolute atomic E-state index is 13.9. The van der Waals surface area contributed by atoms with E-state index in [1.807, 2.05) is 13.0 Å². The van der Waals surface area contributed by atoms with Crippen molar-refractivity contribution in [2.45, 2.75) is 20.0 Å². The number of piperazine rings is 1. The Balaban J connectivity index is 1.81. The van der Waals surface area contributed by atoms with E-state index in [1.54, 1.807) is 37.3 Å². The van der Waals surface area contributed by atoms with Crippen molar-refractivity contribution in [2.24, 2.45) is 0 Å². The van der Waals surface area contributed by atoms with Gasteiger partial charge in [0.15, 0.2) is 11.3 Å². The molecule has 3 heterocycles. The Hall–Kier alpha value is -2.87. The lowest BCUT2D eigenvalue weighted by molar-refractivity contribution is -0.140. The highest BCUT2D eigenvalue weighted by Crippen LogP contribution is 2.39. The first kappa shape index (κ1) is 20.4. The minimum atomic E-state index is -4.58. The zero-order valence-corrected chi connectivity index (χ0v) is 17.1. The summed E-state index contributed by atoms with van der Waals surface area (Å²) in [5.74, 6) is 0.639. The number of aryl methyl sites for hydroxylation is 1. The van der Waals surface area contributed by atoms with Crippen molar-refractivity contribution in [3.05, 3.63) is 59.9 Å². The van der Waals surface area contributed by atoms with Gasteiger partial charge in [0.25, 0.3) is 0 Å². The first-order chi connectivity index (χ1) is 14.2. The first-order valence-corrected chi connectivity index (χ1v) is 9.88. The lowest BCUT2D eigenvalue weighted by atomic mass is 10.1. The Kier molecular flexibility index (Phi) is 5.27. The van der Waals surface area contributed by atoms with Gasteiger partial charge in [-0.1, -0.05) is 42.5 Å². The molecule has 1 fully saturated rings. The van der Waals surface area contributed by atoms with Crippen molar-refractivity contribution in [2.75, 3.05) is 37.6 Å². The van der Waals surface area contributed by atoms with Gasteiger partial charge in [-0.3, -0.25) is 4.90 Å². The molecule has 1 aliphatic heterocycles. The van der Waals surface area contributed by atoms with Gasteiger partial charge in [0.1, 0.15) is 5.82 Å². The maximum Gasteiger partial charge on any atom is 0.435 e. The van der Waals surface area contributed by atoms with Gasteiger partial charge < -0.3 is 4.90 Å². The van der Waals surface area contributed by atoms with Crippen LogP contribution in [0.25, 0.3) is 16.8 Å². The smallest absolute Gasteiger partial charge is 0.354 e. The fourth-order valence-corrected chi connectivity index (χ4v) is 3.93. The van der Waals surface area contributed by atoms with Crippen molar-refractivity contribution >= 4 is 11.5 Å². The number of benzene rings is 1. The second-order valence-corrected chi connectivity index (χ2v) is 7.80. The summed E-state index contributed by atoms with van der Waals surface area (Å²) in [5, 5.41) is 4.00. The van der Waals surface area contributed by atoms with Crippen LogP contribution in [-0.2, 0) is 6.18 Å². The number of alkyl halides is 3. The third kappa shape index (κ3) is 3.92. The summed E-state index contributed by atoms with van der Waals surface area (Å²) in [6.45, 7) is 11.6. The fourth-order valence-electron chi connectivity index (χ4n) is 3.93. The maximum atomic E-state index is 13.9. The Morgan fingerprint density at radius 1 is 1.10 bits per heavy atom. The quantitative estimate of drug-likeness (QED) is 0.591. The average molecular weight is 415 g/mol. The van der Waals surface area contributed by atoms with Gasteiger partial charge in [-0.05, 0) is 19.4 Å². The molecule has 5 nitrogen and oxygen atoms in total. The zero-order chi connectivity index (χ0) is 21.5. The van der Waals surface area contributed by atoms with Crippen molar-refractivity contribution in [3.63, 3.8) is 0 Å². The molecule has 1 aliphatic rings. The second kappa shape index (κ2) is 7.75. The van der Waals surface area contributed by atoms with Crippen LogP contribution in [0.5, 0.6) is 0 Å². The van der Waals surface area contributed by atoms with Gasteiger partial charge in [0.05, 0.1) is 5.56 Å². The van der Waals surface area contributed by atoms with Crippen molar-refractivity contribution in [1.82, 2.24) is 19.5 Å². The van der Waals surface area contributed by atoms with Crippen LogP contribution in [0.1, 0.15) is 18.3 Å². The molecule has 3 aromatic rings. The number of fused-ring (bicyclic) bond motifs is 1. The van der Waals surface area contributed by atoms with Crippen molar-refractivity contribution in [1.29, 1.82) is 0 Å². The van der Waals surface area contributed by atoms with Crippen LogP contribution < -0.4 is 4.90 Å². The molecule has 1 aromatic carbocycles. The molecule has 0 N–H and O–H groups in total. The van der Waals surface area contributed by atoms with Crippen LogP contribution in [0.15, 0.2) is 48.6 Å². The predicted octanol–water partition coefficient (Wildman–Crippen LogP) is 4.42. The molecule has 1 saturated heterocycles. The van der Waals surface area contributed by atoms with E-state index in [0.717, 1.165) is 25.2 Å². The van der Waals surface area contributed by atoms with E-state index >= 15 is 0 Å². The van der Waals surface area contributed by atoms with Gasteiger partial charge in [-0.15, -0.1) is 0 Å². The van der Waals surface area contributed by atoms with Crippen LogP contribution in [0.4, 0.5) is 19.0 Å². The monoisotopic (exact) mass is 415 g/mol. The minimum absolute atomic E-state index is 0.0222. The van der Waals surface area contributed by atoms with E-state index in [-0.39, 0.29) is 11.2 Å². The van der Waals surface area contributed by atoms with Crippen LogP contribution >= 0.6 is 0 Å². The number of halogens is 3. The van der Waals surface area contributed by atoms with Crippen LogP contribution in [0.3, 0.4) is 0 Å². The average Bonchev–Trinajstić information content (AvgIpc) is 3.08. The van der Waals surface area contributed by atoms with Crippen LogP contribution in [0, 0.1) is 6.92 Å². The zero-order valence-electron chi connectivity index (χ0n) is 17.1. The Morgan fingerprint density at radius 2 is 1.77 bits per heavy atom. The van der Waals surface area contributed by atoms with Crippen LogP contribution in [0.2, 0.25) is 0 Å². The van der Waals surface area contributed by atoms with Gasteiger partial charge in [-0.2, -0.15) is 22.8 Å². The summed E-state index contributed by atoms with van der Waals surface area (Å²) in [4.78, 5) is 8.82. The molecule has 0 unspecified atom stereocenters. The van der Waals surface area contributed by atoms with Gasteiger partial charge in [0.2, 0.25) is 0 Å². The highest BCUT2D eigenvalue weighted by Gasteiger charge is 2.39. The van der Waals surface area contributed by atoms with Crippen LogP contribution in [-0.4, -0.2) is 52.2 Å². The van der Waals surface area contributed by atoms with Gasteiger partial charge in [-0.25, -0.2) is 4.98 Å². The summed E-state index contributed by atoms with van der Waals surface area (Å²) in [5.41, 5.74) is 1.55. The molecule has 0 amide bonds. The summed E-state index contributed by atoms with van der Waals surface area (Å²) >= 11 is 0. The van der Waals surface area contributed by atoms with E-state index in [9.17, 15) is 13.2 Å². The molecule has 2 aromatic heterocycles. The molecule has 30 heavy (non-hydrogen) atoms. The molecule has 0 saturated carbocycles. The lowest BCUT2D eigenvalue weighted by Gasteiger charge is -2.36. The molecule has 0 aliphatic carbocycles. The molecule has 0 bridgehead atoms. The molecule has 8 heteroatoms. The number of nitrogens with zero attached hydrogens (tertiary/aromatic N) is 5. The largest absolute Gasteiger partial charge is 0.435 e. The van der Waals surface area contributed by atoms with E-state index in [2.05, 4.69) is 26.5 Å². The molecule has 0 radical (unpaired) electrons. The summed E-state index contributed by atoms with van der Waals surface area (Å²) in [6, 6.07) is 10.3. The van der Waals surface area contributed by atoms with E-state index in [4.69, 9.17) is 0 Å². The molecule has 158 valence electrons. The molecule has 0 atom stereocenters. The fraction of sp³-hybridized carbons (Fsp3) is 0.364. The normalized spacial score (nSPS) is 15.7. The number of hydrogen-bond donors (Lipinski definition) is 0. The SMILES string of the molecule is C=C(C)CN1CCN(c2cc(C)nc3c(-c4ccccc4)c(C(F)(F)F)nn23)CC1. The lowest BCUT2D eigenvalue weighted by Crippen LogP contribution is -2.47. The third-order valence-electron chi connectivity index (χ3n) is 5.22. The Bertz CT molecular complexity index is 1060. The Labute approximate surface area is 173 Å². The van der Waals surface area contributed by atoms with Gasteiger partial charge in [0, 0.05) is 44.5 Å². The predicted molar refractivity (Wildman–Crippen MR) is 112 cm³/mol. The standard InChI is InChI=1S/C22H24F3N5/c1-15(2)14-28-9-11-29(12-10-28)18-13-16(3)26-21-19(17-7-5-4-6-8-17)20(22(23,24)25)27-30(18)21/h4-8,13H,1,9-12,14H2,2-3H3. The van der Waals surface area contributed by atoms with Crippen molar-refractivity contribution < 1.29 is 13.2 Å². The van der Waals surface area contributed by atoms with Gasteiger partial charge >= 0.3 is 6.18 Å². The first-order valence-electron chi connectivity index (χ1n) is 9.88. The number of aromatic nitrogens is 3. The number of anilines is 1. The highest BCUT2D eigenvalue weighted by molar-refractivity contribution is 5.81. The van der Waals surface area contributed by atoms with Crippen molar-refractivity contribution in [3.8, 4) is 11.1 Å². The molecule has 0 spiro atoms. The van der Waals surface area contributed by atoms with E-state index < -0.39 is 11.9 Å². The summed E-state index contributed by atoms with van der Waals surface area (Å²) in [6.07, 6.45) is -4.58. The molecular formula is C22H24F3N5. The number of rotatable bonds is 4. The molecular weight excluding hydrogens is 391 g/mol. The highest BCUT2D eigenvalue weighted by atomic mass is 19.4. The summed E-state index contributed by atoms with van der Waals surface area (Å²) < 4.78 is 43.0. The molecule has 4 rings (SSSR count). The second-order valence-electron chi connectivity index (χ2n) is 7.80. The van der Waals surface area contributed by atoms with E-state index in [1.165, 1.54) is 4.52 Å². The third-order valence-corrected chi connectivity index (χ3v) is 5.22. The Morgan fingerprint density at radius 3 is 2.37 bits per heavy atom. The summed E-state index contributed by atoms with van der Waals surface area (Å²) in [7, 11) is 0. The topological polar surface area (TPSA) is 36.7 Å². The minimum Gasteiger partial charge on any atom is -0.354 e. The number of hydrogen-bond acceptors (Lipinski definition) is 4. The van der Waals surface area contributed by atoms with E-state index in [0.29, 0.717) is 30.2 Å².